The molecule has 0 heterocycles. The van der Waals surface area contributed by atoms with Crippen molar-refractivity contribution in [1.29, 1.82) is 0 Å². The molecule has 0 amide bonds. The highest BCUT2D eigenvalue weighted by Crippen LogP contribution is 1.93. The van der Waals surface area contributed by atoms with Gasteiger partial charge < -0.3 is 4.74 Å². The molecule has 2 nitrogen and oxygen atoms in total. The van der Waals surface area contributed by atoms with Crippen LogP contribution in [0.15, 0.2) is 24.3 Å². The van der Waals surface area contributed by atoms with Crippen LogP contribution in [0.4, 0.5) is 0 Å². The maximum atomic E-state index is 10.9. The van der Waals surface area contributed by atoms with Gasteiger partial charge in [0.1, 0.15) is 0 Å². The molecule has 0 fully saturated rings. The van der Waals surface area contributed by atoms with Crippen LogP contribution in [0.5, 0.6) is 0 Å². The van der Waals surface area contributed by atoms with Crippen molar-refractivity contribution in [2.24, 2.45) is 5.92 Å². The number of carbonyl (C=O) groups is 1. The Morgan fingerprint density at radius 3 is 2.58 bits per heavy atom. The number of carbonyl (C=O) groups excluding carboxylic acids is 1. The second-order valence-corrected chi connectivity index (χ2v) is 2.91. The third kappa shape index (κ3) is 7.06. The van der Waals surface area contributed by atoms with E-state index in [1.165, 1.54) is 6.08 Å². The van der Waals surface area contributed by atoms with Gasteiger partial charge in [-0.3, -0.25) is 0 Å². The van der Waals surface area contributed by atoms with E-state index in [0.717, 1.165) is 0 Å². The molecule has 0 aliphatic heterocycles. The van der Waals surface area contributed by atoms with E-state index in [9.17, 15) is 4.79 Å². The third-order valence-electron chi connectivity index (χ3n) is 1.09. The monoisotopic (exact) mass is 168 g/mol. The molecule has 0 rings (SSSR count). The van der Waals surface area contributed by atoms with E-state index in [2.05, 4.69) is 0 Å². The molecular weight excluding hydrogens is 152 g/mol. The fourth-order valence-corrected chi connectivity index (χ4v) is 0.542. The van der Waals surface area contributed by atoms with E-state index in [-0.39, 0.29) is 5.97 Å². The highest BCUT2D eigenvalue weighted by Gasteiger charge is 1.97. The highest BCUT2D eigenvalue weighted by molar-refractivity contribution is 5.82. The van der Waals surface area contributed by atoms with Crippen LogP contribution < -0.4 is 0 Å². The predicted octanol–water partition coefficient (Wildman–Crippen LogP) is 2.32. The van der Waals surface area contributed by atoms with Crippen molar-refractivity contribution in [2.45, 2.75) is 20.8 Å². The molecule has 2 heteroatoms. The molecule has 0 unspecified atom stereocenters. The first-order valence-corrected chi connectivity index (χ1v) is 4.13. The molecule has 0 aromatic rings. The lowest BCUT2D eigenvalue weighted by molar-refractivity contribution is -0.138. The topological polar surface area (TPSA) is 26.3 Å². The number of hydrogen-bond acceptors (Lipinski definition) is 2. The molecule has 0 saturated carbocycles. The largest absolute Gasteiger partial charge is 0.462 e. The van der Waals surface area contributed by atoms with Crippen LogP contribution in [-0.4, -0.2) is 12.6 Å². The van der Waals surface area contributed by atoms with Gasteiger partial charge in [0, 0.05) is 6.08 Å². The number of esters is 1. The zero-order valence-electron chi connectivity index (χ0n) is 7.91. The van der Waals surface area contributed by atoms with Gasteiger partial charge >= 0.3 is 5.97 Å². The quantitative estimate of drug-likeness (QED) is 0.366. The van der Waals surface area contributed by atoms with Crippen LogP contribution in [-0.2, 0) is 9.53 Å². The summed E-state index contributed by atoms with van der Waals surface area (Å²) >= 11 is 0. The maximum Gasteiger partial charge on any atom is 0.330 e. The second-order valence-electron chi connectivity index (χ2n) is 2.91. The van der Waals surface area contributed by atoms with Crippen LogP contribution >= 0.6 is 0 Å². The van der Waals surface area contributed by atoms with Gasteiger partial charge in [-0.15, -0.1) is 0 Å². The zero-order valence-corrected chi connectivity index (χ0v) is 7.91. The summed E-state index contributed by atoms with van der Waals surface area (Å²) in [4.78, 5) is 10.9. The molecule has 68 valence electrons. The average Bonchev–Trinajstić information content (AvgIpc) is 2.01. The fraction of sp³-hybridized carbons (Fsp3) is 0.500. The smallest absolute Gasteiger partial charge is 0.330 e. The molecule has 0 aromatic carbocycles. The molecule has 0 atom stereocenters. The Morgan fingerprint density at radius 2 is 2.08 bits per heavy atom. The van der Waals surface area contributed by atoms with Gasteiger partial charge in [0.2, 0.25) is 0 Å². The normalized spacial score (nSPS) is 11.7. The molecule has 0 N–H and O–H groups in total. The summed E-state index contributed by atoms with van der Waals surface area (Å²) < 4.78 is 4.89. The minimum atomic E-state index is -0.276. The van der Waals surface area contributed by atoms with E-state index in [4.69, 9.17) is 4.74 Å². The van der Waals surface area contributed by atoms with Gasteiger partial charge in [-0.1, -0.05) is 32.1 Å². The van der Waals surface area contributed by atoms with Crippen molar-refractivity contribution in [1.82, 2.24) is 0 Å². The molecule has 0 aliphatic carbocycles. The Hall–Kier alpha value is -1.05. The van der Waals surface area contributed by atoms with Crippen molar-refractivity contribution in [3.8, 4) is 0 Å². The summed E-state index contributed by atoms with van der Waals surface area (Å²) in [7, 11) is 0. The van der Waals surface area contributed by atoms with Crippen LogP contribution in [0.1, 0.15) is 20.8 Å². The standard InChI is InChI=1S/C10H16O2/c1-4-5-6-7-10(11)12-8-9(2)3/h4-7,9H,8H2,1-3H3/b5-4+,7-6+. The van der Waals surface area contributed by atoms with Gasteiger partial charge in [0.15, 0.2) is 0 Å². The van der Waals surface area contributed by atoms with Gasteiger partial charge in [0.05, 0.1) is 6.61 Å². The van der Waals surface area contributed by atoms with Crippen molar-refractivity contribution < 1.29 is 9.53 Å². The number of hydrogen-bond donors (Lipinski definition) is 0. The van der Waals surface area contributed by atoms with E-state index >= 15 is 0 Å². The molecule has 12 heavy (non-hydrogen) atoms. The van der Waals surface area contributed by atoms with Crippen LogP contribution in [0.25, 0.3) is 0 Å². The van der Waals surface area contributed by atoms with Crippen molar-refractivity contribution in [3.05, 3.63) is 24.3 Å². The van der Waals surface area contributed by atoms with Crippen LogP contribution in [0, 0.1) is 5.92 Å². The Kier molecular flexibility index (Phi) is 6.07. The lowest BCUT2D eigenvalue weighted by atomic mass is 10.2. The van der Waals surface area contributed by atoms with Crippen molar-refractivity contribution in [2.75, 3.05) is 6.61 Å². The number of allylic oxidation sites excluding steroid dienone is 3. The molecule has 0 spiro atoms. The van der Waals surface area contributed by atoms with E-state index in [1.54, 1.807) is 12.2 Å². The Bertz CT molecular complexity index is 178. The predicted molar refractivity (Wildman–Crippen MR) is 49.8 cm³/mol. The molecular formula is C10H16O2. The molecule has 0 bridgehead atoms. The summed E-state index contributed by atoms with van der Waals surface area (Å²) in [5, 5.41) is 0. The Labute approximate surface area is 73.9 Å². The van der Waals surface area contributed by atoms with Gasteiger partial charge in [0.25, 0.3) is 0 Å². The van der Waals surface area contributed by atoms with Gasteiger partial charge in [-0.2, -0.15) is 0 Å². The van der Waals surface area contributed by atoms with E-state index < -0.39 is 0 Å². The van der Waals surface area contributed by atoms with E-state index in [0.29, 0.717) is 12.5 Å². The SMILES string of the molecule is C/C=C/C=C/C(=O)OCC(C)C. The lowest BCUT2D eigenvalue weighted by Gasteiger charge is -2.03. The maximum absolute atomic E-state index is 10.9. The summed E-state index contributed by atoms with van der Waals surface area (Å²) in [5.41, 5.74) is 0. The summed E-state index contributed by atoms with van der Waals surface area (Å²) in [6.45, 7) is 6.38. The van der Waals surface area contributed by atoms with Crippen molar-refractivity contribution in [3.63, 3.8) is 0 Å². The van der Waals surface area contributed by atoms with Crippen LogP contribution in [0.3, 0.4) is 0 Å². The zero-order chi connectivity index (χ0) is 9.40. The first kappa shape index (κ1) is 11.0. The highest BCUT2D eigenvalue weighted by atomic mass is 16.5. The summed E-state index contributed by atoms with van der Waals surface area (Å²) in [6.07, 6.45) is 6.73. The summed E-state index contributed by atoms with van der Waals surface area (Å²) in [5.74, 6) is 0.117. The summed E-state index contributed by atoms with van der Waals surface area (Å²) in [6, 6.07) is 0. The molecule has 0 saturated heterocycles. The fourth-order valence-electron chi connectivity index (χ4n) is 0.542. The minimum Gasteiger partial charge on any atom is -0.462 e. The Morgan fingerprint density at radius 1 is 1.42 bits per heavy atom. The first-order chi connectivity index (χ1) is 5.66. The number of ether oxygens (including phenoxy) is 1. The number of rotatable bonds is 4. The van der Waals surface area contributed by atoms with Crippen LogP contribution in [0.2, 0.25) is 0 Å². The van der Waals surface area contributed by atoms with E-state index in [1.807, 2.05) is 26.8 Å². The molecule has 0 aromatic heterocycles. The third-order valence-corrected chi connectivity index (χ3v) is 1.09. The second kappa shape index (κ2) is 6.65. The lowest BCUT2D eigenvalue weighted by Crippen LogP contribution is -2.06. The average molecular weight is 168 g/mol. The van der Waals surface area contributed by atoms with Gasteiger partial charge in [-0.05, 0) is 12.8 Å². The Balaban J connectivity index is 3.59. The minimum absolute atomic E-state index is 0.276. The van der Waals surface area contributed by atoms with Crippen molar-refractivity contribution >= 4 is 5.97 Å². The van der Waals surface area contributed by atoms with Gasteiger partial charge in [-0.25, -0.2) is 4.79 Å². The molecule has 0 radical (unpaired) electrons. The molecule has 0 aliphatic rings. The first-order valence-electron chi connectivity index (χ1n) is 4.13.